The highest BCUT2D eigenvalue weighted by Gasteiger charge is 2.58. The Bertz CT molecular complexity index is 3980. The number of anilines is 8. The van der Waals surface area contributed by atoms with E-state index < -0.39 is 0 Å². The van der Waals surface area contributed by atoms with Gasteiger partial charge in [0.2, 0.25) is 0 Å². The van der Waals surface area contributed by atoms with Crippen molar-refractivity contribution in [2.45, 2.75) is 161 Å². The van der Waals surface area contributed by atoms with Gasteiger partial charge in [0.1, 0.15) is 0 Å². The summed E-state index contributed by atoms with van der Waals surface area (Å²) in [5.74, 6) is 0. The van der Waals surface area contributed by atoms with Gasteiger partial charge in [0, 0.05) is 71.0 Å². The van der Waals surface area contributed by atoms with E-state index in [0.29, 0.717) is 0 Å². The molecule has 1 saturated carbocycles. The predicted octanol–water partition coefficient (Wildman–Crippen LogP) is 18.8. The van der Waals surface area contributed by atoms with Crippen molar-refractivity contribution in [3.05, 3.63) is 185 Å². The fourth-order valence-corrected chi connectivity index (χ4v) is 16.4. The molecule has 0 saturated heterocycles. The second kappa shape index (κ2) is 16.7. The minimum absolute atomic E-state index is 0.0101. The Morgan fingerprint density at radius 2 is 1.08 bits per heavy atom. The Hall–Kier alpha value is -6.56. The summed E-state index contributed by atoms with van der Waals surface area (Å²) in [6.07, 6.45) is 7.17. The van der Waals surface area contributed by atoms with Crippen molar-refractivity contribution in [3.8, 4) is 11.1 Å². The summed E-state index contributed by atoms with van der Waals surface area (Å²) in [4.78, 5) is 8.20. The average molecular weight is 1040 g/mol. The largest absolute Gasteiger partial charge is 0.334 e. The number of rotatable bonds is 4. The van der Waals surface area contributed by atoms with Crippen LogP contribution in [0, 0.1) is 6.92 Å². The van der Waals surface area contributed by atoms with Crippen LogP contribution in [0.1, 0.15) is 155 Å². The van der Waals surface area contributed by atoms with E-state index in [1.807, 2.05) is 11.3 Å². The Balaban J connectivity index is 1.08. The number of thiophene rings is 1. The van der Waals surface area contributed by atoms with Gasteiger partial charge in [-0.1, -0.05) is 168 Å². The lowest BCUT2D eigenvalue weighted by atomic mass is 9.33. The van der Waals surface area contributed by atoms with Crippen LogP contribution in [-0.4, -0.2) is 12.3 Å². The van der Waals surface area contributed by atoms with Crippen LogP contribution in [0.4, 0.5) is 45.5 Å². The molecule has 4 heterocycles. The van der Waals surface area contributed by atoms with Crippen LogP contribution in [0.5, 0.6) is 0 Å². The van der Waals surface area contributed by atoms with Gasteiger partial charge in [-0.25, -0.2) is 0 Å². The number of nitrogens with zero attached hydrogens (tertiary/aromatic N) is 3. The van der Waals surface area contributed by atoms with Gasteiger partial charge in [-0.2, -0.15) is 0 Å². The van der Waals surface area contributed by atoms with Crippen LogP contribution in [0.3, 0.4) is 0 Å². The summed E-state index contributed by atoms with van der Waals surface area (Å²) in [6.45, 7) is 31.6. The third kappa shape index (κ3) is 7.14. The van der Waals surface area contributed by atoms with Crippen molar-refractivity contribution in [1.29, 1.82) is 0 Å². The third-order valence-electron chi connectivity index (χ3n) is 20.2. The standard InChI is InChI=1S/C73H76BN3S/c1-45-37-63-67-64(38-45)76(59-30-25-47(68(2,3)4)39-52(59)46-21-15-14-16-22-46)62-44-55-54(70(8,9)35-36-71(55,10)11)43-58(62)74(67)57-29-27-50(42-61(57)75(63)49-28-32-66-53(41-49)51-23-17-18-24-65(51)78-66)77-60-31-26-48(69(5,6)7)40-56(60)72(12)33-19-20-34-73(72,77)13/h14-18,21-32,37-44H,19-20,33-36H2,1-13H3. The van der Waals surface area contributed by atoms with E-state index >= 15 is 0 Å². The molecule has 0 amide bonds. The van der Waals surface area contributed by atoms with Crippen molar-refractivity contribution in [2.75, 3.05) is 14.7 Å². The molecule has 14 rings (SSSR count). The van der Waals surface area contributed by atoms with Gasteiger partial charge in [0.05, 0.1) is 11.2 Å². The first-order chi connectivity index (χ1) is 37.1. The van der Waals surface area contributed by atoms with Gasteiger partial charge < -0.3 is 14.7 Å². The van der Waals surface area contributed by atoms with E-state index in [1.54, 1.807) is 0 Å². The minimum atomic E-state index is -0.0949. The van der Waals surface area contributed by atoms with E-state index in [0.717, 1.165) is 19.3 Å². The third-order valence-corrected chi connectivity index (χ3v) is 21.4. The van der Waals surface area contributed by atoms with Crippen molar-refractivity contribution < 1.29 is 0 Å². The van der Waals surface area contributed by atoms with Gasteiger partial charge in [-0.3, -0.25) is 0 Å². The molecule has 5 heteroatoms. The summed E-state index contributed by atoms with van der Waals surface area (Å²) in [7, 11) is 0. The molecule has 78 heavy (non-hydrogen) atoms. The van der Waals surface area contributed by atoms with E-state index in [2.05, 4.69) is 256 Å². The lowest BCUT2D eigenvalue weighted by Gasteiger charge is -2.51. The van der Waals surface area contributed by atoms with Crippen LogP contribution in [-0.2, 0) is 27.1 Å². The molecular formula is C73H76BN3S. The highest BCUT2D eigenvalue weighted by Crippen LogP contribution is 2.62. The molecule has 3 aliphatic heterocycles. The molecular weight excluding hydrogens is 962 g/mol. The Kier molecular flexibility index (Phi) is 10.7. The molecule has 9 aromatic rings. The van der Waals surface area contributed by atoms with Crippen LogP contribution < -0.4 is 31.1 Å². The van der Waals surface area contributed by atoms with E-state index in [4.69, 9.17) is 0 Å². The van der Waals surface area contributed by atoms with E-state index in [1.165, 1.54) is 146 Å². The van der Waals surface area contributed by atoms with Crippen molar-refractivity contribution in [2.24, 2.45) is 0 Å². The zero-order valence-corrected chi connectivity index (χ0v) is 49.3. The van der Waals surface area contributed by atoms with Crippen LogP contribution in [0.25, 0.3) is 31.3 Å². The molecule has 2 unspecified atom stereocenters. The first-order valence-electron chi connectivity index (χ1n) is 29.2. The number of aryl methyl sites for hydroxylation is 1. The zero-order chi connectivity index (χ0) is 54.2. The number of benzene rings is 8. The van der Waals surface area contributed by atoms with Gasteiger partial charge >= 0.3 is 0 Å². The predicted molar refractivity (Wildman–Crippen MR) is 339 cm³/mol. The molecule has 2 atom stereocenters. The molecule has 3 nitrogen and oxygen atoms in total. The van der Waals surface area contributed by atoms with Gasteiger partial charge in [-0.15, -0.1) is 11.3 Å². The quantitative estimate of drug-likeness (QED) is 0.163. The van der Waals surface area contributed by atoms with Crippen LogP contribution in [0.15, 0.2) is 152 Å². The first-order valence-corrected chi connectivity index (χ1v) is 30.0. The van der Waals surface area contributed by atoms with Crippen LogP contribution in [0.2, 0.25) is 0 Å². The van der Waals surface area contributed by atoms with Gasteiger partial charge in [0.25, 0.3) is 6.71 Å². The minimum Gasteiger partial charge on any atom is -0.334 e. The van der Waals surface area contributed by atoms with Crippen molar-refractivity contribution >= 4 is 100 Å². The van der Waals surface area contributed by atoms with Crippen molar-refractivity contribution in [1.82, 2.24) is 0 Å². The highest BCUT2D eigenvalue weighted by molar-refractivity contribution is 7.25. The Morgan fingerprint density at radius 1 is 0.462 bits per heavy atom. The fourth-order valence-electron chi connectivity index (χ4n) is 15.4. The number of fused-ring (bicyclic) bond motifs is 11. The maximum atomic E-state index is 2.81. The summed E-state index contributed by atoms with van der Waals surface area (Å²) < 4.78 is 2.66. The summed E-state index contributed by atoms with van der Waals surface area (Å²) >= 11 is 1.90. The first kappa shape index (κ1) is 49.7. The molecule has 0 N–H and O–H groups in total. The lowest BCUT2D eigenvalue weighted by molar-refractivity contribution is 0.195. The lowest BCUT2D eigenvalue weighted by Crippen LogP contribution is -2.62. The summed E-state index contributed by atoms with van der Waals surface area (Å²) in [5, 5.41) is 2.64. The molecule has 0 radical (unpaired) electrons. The van der Waals surface area contributed by atoms with Gasteiger partial charge in [0.15, 0.2) is 0 Å². The SMILES string of the molecule is Cc1cc2c3c(c1)N(c1ccc(C(C)(C)C)cc1-c1ccccc1)c1cc4c(cc1B3c1ccc(N3c5ccc(C(C)(C)C)cc5C5(C)CCCCC35C)cc1N2c1ccc2sc3ccccc3c2c1)C(C)(C)CCC4(C)C. The smallest absolute Gasteiger partial charge is 0.252 e. The van der Waals surface area contributed by atoms with E-state index in [-0.39, 0.29) is 39.3 Å². The average Bonchev–Trinajstić information content (AvgIpc) is 2.61. The Morgan fingerprint density at radius 3 is 1.81 bits per heavy atom. The molecule has 1 aromatic heterocycles. The van der Waals surface area contributed by atoms with Crippen molar-refractivity contribution in [3.63, 3.8) is 0 Å². The molecule has 1 fully saturated rings. The number of hydrogen-bond donors (Lipinski definition) is 0. The maximum absolute atomic E-state index is 2.81. The fraction of sp³-hybridized carbons (Fsp3) is 0.342. The highest BCUT2D eigenvalue weighted by atomic mass is 32.1. The maximum Gasteiger partial charge on any atom is 0.252 e. The Labute approximate surface area is 469 Å². The zero-order valence-electron chi connectivity index (χ0n) is 48.5. The van der Waals surface area contributed by atoms with Gasteiger partial charge in [-0.05, 0) is 189 Å². The second-order valence-electron chi connectivity index (χ2n) is 28.0. The molecule has 0 bridgehead atoms. The molecule has 0 spiro atoms. The second-order valence-corrected chi connectivity index (χ2v) is 29.1. The summed E-state index contributed by atoms with van der Waals surface area (Å²) in [6, 6.07) is 60.4. The number of hydrogen-bond acceptors (Lipinski definition) is 4. The normalized spacial score (nSPS) is 20.8. The summed E-state index contributed by atoms with van der Waals surface area (Å²) in [5.41, 5.74) is 25.4. The van der Waals surface area contributed by atoms with E-state index in [9.17, 15) is 0 Å². The topological polar surface area (TPSA) is 9.72 Å². The molecule has 2 aliphatic carbocycles. The molecule has 5 aliphatic rings. The van der Waals surface area contributed by atoms with Crippen LogP contribution >= 0.6 is 11.3 Å². The monoisotopic (exact) mass is 1040 g/mol. The molecule has 8 aromatic carbocycles. The molecule has 392 valence electrons.